The van der Waals surface area contributed by atoms with Gasteiger partial charge in [0.1, 0.15) is 6.54 Å². The first kappa shape index (κ1) is 18.9. The summed E-state index contributed by atoms with van der Waals surface area (Å²) in [5.41, 5.74) is 0.895. The van der Waals surface area contributed by atoms with E-state index in [1.807, 2.05) is 18.2 Å². The predicted molar refractivity (Wildman–Crippen MR) is 99.7 cm³/mol. The monoisotopic (exact) mass is 376 g/mol. The van der Waals surface area contributed by atoms with Crippen molar-refractivity contribution in [2.24, 2.45) is 5.41 Å². The molecule has 1 aromatic rings. The SMILES string of the molecule is O=C(CN1C(=O)CSC1=O)N1CCC[C@](CO)(CCc2ccccc2)C1. The summed E-state index contributed by atoms with van der Waals surface area (Å²) >= 11 is 0.939. The van der Waals surface area contributed by atoms with E-state index in [9.17, 15) is 19.5 Å². The van der Waals surface area contributed by atoms with Crippen LogP contribution in [0.15, 0.2) is 30.3 Å². The number of carbonyl (C=O) groups is 3. The number of thioether (sulfide) groups is 1. The highest BCUT2D eigenvalue weighted by molar-refractivity contribution is 8.14. The van der Waals surface area contributed by atoms with Gasteiger partial charge in [-0.3, -0.25) is 19.3 Å². The molecular formula is C19H24N2O4S. The zero-order chi connectivity index (χ0) is 18.6. The van der Waals surface area contributed by atoms with Crippen LogP contribution in [-0.4, -0.2) is 64.0 Å². The van der Waals surface area contributed by atoms with Crippen LogP contribution in [0.25, 0.3) is 0 Å². The average molecular weight is 376 g/mol. The molecule has 0 saturated carbocycles. The number of likely N-dealkylation sites (tertiary alicyclic amines) is 1. The van der Waals surface area contributed by atoms with E-state index in [-0.39, 0.29) is 41.4 Å². The van der Waals surface area contributed by atoms with Crippen LogP contribution >= 0.6 is 11.8 Å². The molecule has 2 saturated heterocycles. The van der Waals surface area contributed by atoms with Gasteiger partial charge < -0.3 is 10.0 Å². The first-order valence-corrected chi connectivity index (χ1v) is 9.91. The molecule has 0 spiro atoms. The van der Waals surface area contributed by atoms with Crippen molar-refractivity contribution >= 4 is 28.8 Å². The van der Waals surface area contributed by atoms with E-state index in [0.29, 0.717) is 13.1 Å². The van der Waals surface area contributed by atoms with E-state index < -0.39 is 0 Å². The molecule has 0 aliphatic carbocycles. The summed E-state index contributed by atoms with van der Waals surface area (Å²) < 4.78 is 0. The van der Waals surface area contributed by atoms with Crippen LogP contribution in [0.3, 0.4) is 0 Å². The fourth-order valence-electron chi connectivity index (χ4n) is 3.66. The molecule has 2 aliphatic rings. The summed E-state index contributed by atoms with van der Waals surface area (Å²) in [4.78, 5) is 38.8. The van der Waals surface area contributed by atoms with Crippen LogP contribution in [-0.2, 0) is 16.0 Å². The Morgan fingerprint density at radius 3 is 2.65 bits per heavy atom. The quantitative estimate of drug-likeness (QED) is 0.821. The standard InChI is InChI=1S/C19H24N2O4S/c22-14-19(9-7-15-5-2-1-3-6-15)8-4-10-20(13-19)16(23)11-21-17(24)12-26-18(21)25/h1-3,5-6,22H,4,7-14H2/t19-/m0/s1. The van der Waals surface area contributed by atoms with Crippen LogP contribution in [0.5, 0.6) is 0 Å². The molecule has 1 atom stereocenters. The van der Waals surface area contributed by atoms with Crippen molar-refractivity contribution in [2.75, 3.05) is 32.0 Å². The summed E-state index contributed by atoms with van der Waals surface area (Å²) in [5, 5.41) is 9.68. The number of piperidine rings is 1. The normalized spacial score (nSPS) is 23.6. The molecule has 2 fully saturated rings. The van der Waals surface area contributed by atoms with E-state index in [1.54, 1.807) is 4.90 Å². The molecule has 1 N–H and O–H groups in total. The van der Waals surface area contributed by atoms with Crippen LogP contribution in [0.4, 0.5) is 4.79 Å². The van der Waals surface area contributed by atoms with Crippen molar-refractivity contribution in [1.82, 2.24) is 9.80 Å². The number of rotatable bonds is 6. The number of imide groups is 1. The van der Waals surface area contributed by atoms with Crippen LogP contribution < -0.4 is 0 Å². The Bertz CT molecular complexity index is 665. The number of nitrogens with zero attached hydrogens (tertiary/aromatic N) is 2. The molecular weight excluding hydrogens is 352 g/mol. The summed E-state index contributed by atoms with van der Waals surface area (Å²) in [5.74, 6) is -0.404. The van der Waals surface area contributed by atoms with Gasteiger partial charge in [-0.15, -0.1) is 0 Å². The van der Waals surface area contributed by atoms with Crippen molar-refractivity contribution in [2.45, 2.75) is 25.7 Å². The Kier molecular flexibility index (Phi) is 5.98. The Labute approximate surface area is 157 Å². The number of carbonyl (C=O) groups excluding carboxylic acids is 3. The third-order valence-electron chi connectivity index (χ3n) is 5.27. The maximum Gasteiger partial charge on any atom is 0.289 e. The summed E-state index contributed by atoms with van der Waals surface area (Å²) in [6.07, 6.45) is 3.34. The number of aliphatic hydroxyl groups is 1. The Morgan fingerprint density at radius 2 is 2.00 bits per heavy atom. The predicted octanol–water partition coefficient (Wildman–Crippen LogP) is 1.92. The van der Waals surface area contributed by atoms with Gasteiger partial charge >= 0.3 is 0 Å². The van der Waals surface area contributed by atoms with Gasteiger partial charge in [-0.2, -0.15) is 0 Å². The van der Waals surface area contributed by atoms with Crippen LogP contribution in [0.2, 0.25) is 0 Å². The van der Waals surface area contributed by atoms with Gasteiger partial charge in [0.25, 0.3) is 5.24 Å². The van der Waals surface area contributed by atoms with Crippen molar-refractivity contribution in [1.29, 1.82) is 0 Å². The molecule has 2 heterocycles. The molecule has 0 radical (unpaired) electrons. The second-order valence-electron chi connectivity index (χ2n) is 7.10. The minimum absolute atomic E-state index is 0.0288. The van der Waals surface area contributed by atoms with Gasteiger partial charge in [0.15, 0.2) is 0 Å². The zero-order valence-corrected chi connectivity index (χ0v) is 15.5. The van der Waals surface area contributed by atoms with Gasteiger partial charge in [0, 0.05) is 18.5 Å². The Hall–Kier alpha value is -1.86. The molecule has 2 aliphatic heterocycles. The lowest BCUT2D eigenvalue weighted by atomic mass is 9.76. The lowest BCUT2D eigenvalue weighted by molar-refractivity contribution is -0.139. The van der Waals surface area contributed by atoms with Crippen molar-refractivity contribution in [3.05, 3.63) is 35.9 Å². The first-order chi connectivity index (χ1) is 12.5. The lowest BCUT2D eigenvalue weighted by Crippen LogP contribution is -2.51. The number of amides is 3. The highest BCUT2D eigenvalue weighted by Crippen LogP contribution is 2.34. The maximum atomic E-state index is 12.6. The molecule has 0 unspecified atom stereocenters. The van der Waals surface area contributed by atoms with E-state index >= 15 is 0 Å². The van der Waals surface area contributed by atoms with Crippen molar-refractivity contribution in [3.8, 4) is 0 Å². The second-order valence-corrected chi connectivity index (χ2v) is 8.02. The number of hydrogen-bond acceptors (Lipinski definition) is 5. The van der Waals surface area contributed by atoms with Crippen LogP contribution in [0.1, 0.15) is 24.8 Å². The minimum atomic E-state index is -0.349. The third kappa shape index (κ3) is 4.27. The van der Waals surface area contributed by atoms with Gasteiger partial charge in [-0.1, -0.05) is 42.1 Å². The van der Waals surface area contributed by atoms with E-state index in [2.05, 4.69) is 12.1 Å². The Morgan fingerprint density at radius 1 is 1.23 bits per heavy atom. The molecule has 0 bridgehead atoms. The number of aryl methyl sites for hydroxylation is 1. The molecule has 6 nitrogen and oxygen atoms in total. The highest BCUT2D eigenvalue weighted by atomic mass is 32.2. The molecule has 7 heteroatoms. The molecule has 3 amide bonds. The number of aliphatic hydroxyl groups excluding tert-OH is 1. The minimum Gasteiger partial charge on any atom is -0.396 e. The van der Waals surface area contributed by atoms with E-state index in [4.69, 9.17) is 0 Å². The summed E-state index contributed by atoms with van der Waals surface area (Å²) in [6.45, 7) is 0.916. The van der Waals surface area contributed by atoms with Crippen molar-refractivity contribution < 1.29 is 19.5 Å². The molecule has 26 heavy (non-hydrogen) atoms. The third-order valence-corrected chi connectivity index (χ3v) is 6.13. The molecule has 3 rings (SSSR count). The largest absolute Gasteiger partial charge is 0.396 e. The van der Waals surface area contributed by atoms with Gasteiger partial charge in [-0.05, 0) is 31.2 Å². The Balaban J connectivity index is 1.61. The van der Waals surface area contributed by atoms with Gasteiger partial charge in [0.05, 0.1) is 12.4 Å². The number of hydrogen-bond donors (Lipinski definition) is 1. The maximum absolute atomic E-state index is 12.6. The number of benzene rings is 1. The zero-order valence-electron chi connectivity index (χ0n) is 14.7. The van der Waals surface area contributed by atoms with Crippen LogP contribution in [0, 0.1) is 5.41 Å². The fraction of sp³-hybridized carbons (Fsp3) is 0.526. The summed E-state index contributed by atoms with van der Waals surface area (Å²) in [6, 6.07) is 10.1. The second kappa shape index (κ2) is 8.22. The topological polar surface area (TPSA) is 77.9 Å². The van der Waals surface area contributed by atoms with E-state index in [1.165, 1.54) is 5.56 Å². The van der Waals surface area contributed by atoms with E-state index in [0.717, 1.165) is 42.3 Å². The summed E-state index contributed by atoms with van der Waals surface area (Å²) in [7, 11) is 0. The lowest BCUT2D eigenvalue weighted by Gasteiger charge is -2.42. The molecule has 1 aromatic carbocycles. The van der Waals surface area contributed by atoms with Gasteiger partial charge in [-0.25, -0.2) is 0 Å². The average Bonchev–Trinajstić information content (AvgIpc) is 2.99. The molecule has 0 aromatic heterocycles. The first-order valence-electron chi connectivity index (χ1n) is 8.93. The molecule has 140 valence electrons. The smallest absolute Gasteiger partial charge is 0.289 e. The van der Waals surface area contributed by atoms with Gasteiger partial charge in [0.2, 0.25) is 11.8 Å². The highest BCUT2D eigenvalue weighted by Gasteiger charge is 2.38. The van der Waals surface area contributed by atoms with Crippen molar-refractivity contribution in [3.63, 3.8) is 0 Å². The fourth-order valence-corrected chi connectivity index (χ4v) is 4.38.